The molecule has 0 spiro atoms. The van der Waals surface area contributed by atoms with Crippen LogP contribution in [-0.2, 0) is 23.7 Å². The third-order valence-electron chi connectivity index (χ3n) is 7.10. The predicted octanol–water partition coefficient (Wildman–Crippen LogP) is -6.66. The molecule has 2 aliphatic heterocycles. The Morgan fingerprint density at radius 3 is 2.32 bits per heavy atom. The molecule has 0 radical (unpaired) electrons. The summed E-state index contributed by atoms with van der Waals surface area (Å²) in [7, 11) is 0. The van der Waals surface area contributed by atoms with Crippen molar-refractivity contribution in [2.24, 2.45) is 34.4 Å². The van der Waals surface area contributed by atoms with Crippen LogP contribution >= 0.6 is 0 Å². The van der Waals surface area contributed by atoms with Gasteiger partial charge in [0.1, 0.15) is 24.4 Å². The first-order valence-electron chi connectivity index (χ1n) is 12.7. The van der Waals surface area contributed by atoms with Crippen LogP contribution in [0.1, 0.15) is 12.8 Å². The molecule has 0 bridgehead atoms. The molecule has 0 aromatic rings. The van der Waals surface area contributed by atoms with Crippen LogP contribution in [0, 0.1) is 0 Å². The Kier molecular flexibility index (Phi) is 11.3. The van der Waals surface area contributed by atoms with Crippen LogP contribution in [0.3, 0.4) is 0 Å². The number of nitrogens with two attached hydrogens (primary N) is 6. The molecular formula is C22H43N7O9. The van der Waals surface area contributed by atoms with E-state index in [2.05, 4.69) is 5.32 Å². The fourth-order valence-corrected chi connectivity index (χ4v) is 4.83. The Bertz CT molecular complexity index is 796. The van der Waals surface area contributed by atoms with Crippen molar-refractivity contribution in [1.82, 2.24) is 5.32 Å². The minimum absolute atomic E-state index is 0.0238. The van der Waals surface area contributed by atoms with Crippen LogP contribution in [0.2, 0.25) is 0 Å². The zero-order valence-corrected chi connectivity index (χ0v) is 21.1. The third kappa shape index (κ3) is 7.04. The van der Waals surface area contributed by atoms with Crippen LogP contribution < -0.4 is 39.7 Å². The molecule has 2 heterocycles. The van der Waals surface area contributed by atoms with Crippen LogP contribution in [0.4, 0.5) is 0 Å². The highest BCUT2D eigenvalue weighted by Crippen LogP contribution is 2.30. The van der Waals surface area contributed by atoms with E-state index in [1.54, 1.807) is 12.2 Å². The molecule has 17 N–H and O–H groups in total. The zero-order chi connectivity index (χ0) is 28.1. The molecular weight excluding hydrogens is 506 g/mol. The molecule has 16 heteroatoms. The van der Waals surface area contributed by atoms with Crippen molar-refractivity contribution in [2.45, 2.75) is 98.4 Å². The van der Waals surface area contributed by atoms with Gasteiger partial charge in [-0.2, -0.15) is 0 Å². The number of hydrogen-bond acceptors (Lipinski definition) is 15. The van der Waals surface area contributed by atoms with E-state index in [0.717, 1.165) is 0 Å². The van der Waals surface area contributed by atoms with Gasteiger partial charge in [-0.15, -0.1) is 0 Å². The first kappa shape index (κ1) is 31.2. The van der Waals surface area contributed by atoms with E-state index in [0.29, 0.717) is 0 Å². The monoisotopic (exact) mass is 549 g/mol. The second-order valence-electron chi connectivity index (χ2n) is 9.91. The number of hydrogen-bond donors (Lipinski definition) is 11. The van der Waals surface area contributed by atoms with Crippen molar-refractivity contribution >= 4 is 5.91 Å². The van der Waals surface area contributed by atoms with Gasteiger partial charge >= 0.3 is 0 Å². The molecule has 3 rings (SSSR count). The number of aliphatic hydroxyl groups excluding tert-OH is 4. The van der Waals surface area contributed by atoms with E-state index >= 15 is 0 Å². The molecule has 1 amide bonds. The summed E-state index contributed by atoms with van der Waals surface area (Å²) < 4.78 is 23.5. The van der Waals surface area contributed by atoms with Gasteiger partial charge < -0.3 is 79.1 Å². The molecule has 2 fully saturated rings. The highest BCUT2D eigenvalue weighted by Gasteiger charge is 2.50. The molecule has 6 unspecified atom stereocenters. The molecule has 16 nitrogen and oxygen atoms in total. The van der Waals surface area contributed by atoms with Crippen molar-refractivity contribution in [3.8, 4) is 0 Å². The summed E-state index contributed by atoms with van der Waals surface area (Å²) in [5.74, 6) is -0.716. The lowest BCUT2D eigenvalue weighted by atomic mass is 9.82. The summed E-state index contributed by atoms with van der Waals surface area (Å²) in [6.07, 6.45) is -6.58. The molecule has 0 aromatic heterocycles. The number of carbonyl (C=O) groups is 1. The Labute approximate surface area is 220 Å². The van der Waals surface area contributed by atoms with Gasteiger partial charge in [0.15, 0.2) is 12.6 Å². The van der Waals surface area contributed by atoms with E-state index < -0.39 is 98.0 Å². The quantitative estimate of drug-likeness (QED) is 0.113. The van der Waals surface area contributed by atoms with Crippen molar-refractivity contribution in [1.29, 1.82) is 0 Å². The van der Waals surface area contributed by atoms with Gasteiger partial charge in [0.05, 0.1) is 49.1 Å². The van der Waals surface area contributed by atoms with Gasteiger partial charge in [0.25, 0.3) is 0 Å². The minimum atomic E-state index is -1.50. The highest BCUT2D eigenvalue weighted by atomic mass is 16.7. The zero-order valence-electron chi connectivity index (χ0n) is 21.1. The smallest absolute Gasteiger partial charge is 0.249 e. The topological polar surface area (TPSA) is 303 Å². The largest absolute Gasteiger partial charge is 0.394 e. The van der Waals surface area contributed by atoms with E-state index in [1.165, 1.54) is 0 Å². The fourth-order valence-electron chi connectivity index (χ4n) is 4.83. The van der Waals surface area contributed by atoms with Crippen LogP contribution in [-0.4, -0.2) is 132 Å². The molecule has 14 atom stereocenters. The number of carbonyl (C=O) groups excluding carboxylic acids is 1. The Morgan fingerprint density at radius 2 is 1.68 bits per heavy atom. The maximum Gasteiger partial charge on any atom is 0.249 e. The van der Waals surface area contributed by atoms with Crippen molar-refractivity contribution in [3.63, 3.8) is 0 Å². The normalized spacial score (nSPS) is 44.5. The number of nitrogens with one attached hydrogen (secondary N) is 1. The molecule has 220 valence electrons. The summed E-state index contributed by atoms with van der Waals surface area (Å²) in [6.45, 7) is -0.308. The lowest BCUT2D eigenvalue weighted by molar-refractivity contribution is -0.300. The molecule has 0 aromatic carbocycles. The number of rotatable bonds is 10. The maximum absolute atomic E-state index is 12.6. The lowest BCUT2D eigenvalue weighted by Gasteiger charge is -2.48. The Balaban J connectivity index is 1.83. The van der Waals surface area contributed by atoms with Gasteiger partial charge in [-0.25, -0.2) is 0 Å². The molecule has 1 saturated carbocycles. The Morgan fingerprint density at radius 1 is 1.00 bits per heavy atom. The van der Waals surface area contributed by atoms with Gasteiger partial charge in [-0.3, -0.25) is 4.79 Å². The second kappa shape index (κ2) is 13.8. The summed E-state index contributed by atoms with van der Waals surface area (Å²) in [6, 6.07) is -4.45. The number of amides is 1. The lowest BCUT2D eigenvalue weighted by Crippen LogP contribution is -2.71. The van der Waals surface area contributed by atoms with Crippen LogP contribution in [0.25, 0.3) is 0 Å². The summed E-state index contributed by atoms with van der Waals surface area (Å²) >= 11 is 0. The van der Waals surface area contributed by atoms with E-state index in [-0.39, 0.29) is 25.9 Å². The SMILES string of the molecule is NCC[C@H](O)C(=O)N[C@@H]1C[C@H](N)C(O[C@H]2OC(CN)C=CC2N)C(N)[C@H]1O[C@H]1OC(CO)[C@H](O)[C@H](N)C1O. The first-order valence-corrected chi connectivity index (χ1v) is 12.7. The van der Waals surface area contributed by atoms with Gasteiger partial charge in [0, 0.05) is 12.6 Å². The first-order chi connectivity index (χ1) is 18.0. The van der Waals surface area contributed by atoms with Crippen molar-refractivity contribution in [2.75, 3.05) is 19.7 Å². The van der Waals surface area contributed by atoms with Crippen molar-refractivity contribution in [3.05, 3.63) is 12.2 Å². The standard InChI is InChI=1S/C22H43N7O9/c23-4-3-12(31)20(34)29-11-5-10(26)18(37-21-9(25)2-1-8(6-24)35-21)15(28)19(11)38-22-17(33)14(27)16(32)13(7-30)36-22/h1-2,8-19,21-22,30-33H,3-7,23-28H2,(H,29,34)/t8?,9?,10-,11+,12-,13?,14-,15?,16-,17?,18?,19-,21+,22+/m0/s1. The van der Waals surface area contributed by atoms with Gasteiger partial charge in [0.2, 0.25) is 5.91 Å². The summed E-state index contributed by atoms with van der Waals surface area (Å²) in [4.78, 5) is 12.6. The minimum Gasteiger partial charge on any atom is -0.394 e. The molecule has 38 heavy (non-hydrogen) atoms. The van der Waals surface area contributed by atoms with E-state index in [9.17, 15) is 25.2 Å². The molecule has 3 aliphatic rings. The average Bonchev–Trinajstić information content (AvgIpc) is 2.89. The number of aliphatic hydroxyl groups is 4. The Hall–Kier alpha value is -1.35. The van der Waals surface area contributed by atoms with Crippen molar-refractivity contribution < 1.29 is 44.2 Å². The van der Waals surface area contributed by atoms with Crippen LogP contribution in [0.5, 0.6) is 0 Å². The molecule has 1 saturated heterocycles. The fraction of sp³-hybridized carbons (Fsp3) is 0.864. The maximum atomic E-state index is 12.6. The second-order valence-corrected chi connectivity index (χ2v) is 9.91. The van der Waals surface area contributed by atoms with Gasteiger partial charge in [-0.05, 0) is 19.4 Å². The summed E-state index contributed by atoms with van der Waals surface area (Å²) in [5, 5.41) is 43.1. The third-order valence-corrected chi connectivity index (χ3v) is 7.10. The highest BCUT2D eigenvalue weighted by molar-refractivity contribution is 5.80. The van der Waals surface area contributed by atoms with Crippen LogP contribution in [0.15, 0.2) is 12.2 Å². The predicted molar refractivity (Wildman–Crippen MR) is 132 cm³/mol. The van der Waals surface area contributed by atoms with Gasteiger partial charge in [-0.1, -0.05) is 12.2 Å². The summed E-state index contributed by atoms with van der Waals surface area (Å²) in [5.41, 5.74) is 36.1. The van der Waals surface area contributed by atoms with E-state index in [4.69, 9.17) is 53.3 Å². The van der Waals surface area contributed by atoms with E-state index in [1.807, 2.05) is 0 Å². The average molecular weight is 550 g/mol. The molecule has 1 aliphatic carbocycles. The number of ether oxygens (including phenoxy) is 4.